The Morgan fingerprint density at radius 3 is 2.75 bits per heavy atom. The van der Waals surface area contributed by atoms with Gasteiger partial charge in [-0.15, -0.1) is 0 Å². The van der Waals surface area contributed by atoms with Crippen LogP contribution in [0.25, 0.3) is 11.1 Å². The zero-order valence-corrected chi connectivity index (χ0v) is 8.88. The molecule has 0 unspecified atom stereocenters. The van der Waals surface area contributed by atoms with Crippen LogP contribution < -0.4 is 0 Å². The number of nitrogens with zero attached hydrogens (tertiary/aromatic N) is 2. The van der Waals surface area contributed by atoms with Crippen molar-refractivity contribution >= 4 is 12.2 Å². The number of H-pyrrole nitrogens is 1. The van der Waals surface area contributed by atoms with Gasteiger partial charge in [0.05, 0.1) is 17.8 Å². The summed E-state index contributed by atoms with van der Waals surface area (Å²) in [5, 5.41) is 15.1. The van der Waals surface area contributed by atoms with Gasteiger partial charge in [0.2, 0.25) is 0 Å². The second-order valence-electron chi connectivity index (χ2n) is 3.17. The molecule has 0 amide bonds. The fourth-order valence-electron chi connectivity index (χ4n) is 1.35. The molecule has 1 aromatic heterocycles. The molecule has 0 bridgehead atoms. The molecule has 0 fully saturated rings. The molecule has 0 aliphatic heterocycles. The topological polar surface area (TPSA) is 52.5 Å². The molecule has 0 saturated carbocycles. The number of hydrogen-bond acceptors (Lipinski definition) is 3. The first-order valence-corrected chi connectivity index (χ1v) is 4.85. The highest BCUT2D eigenvalue weighted by molar-refractivity contribution is 7.71. The van der Waals surface area contributed by atoms with E-state index in [1.54, 1.807) is 12.1 Å². The molecular weight excluding hydrogens is 225 g/mol. The maximum absolute atomic E-state index is 13.2. The largest absolute Gasteiger partial charge is 0.268 e. The SMILES string of the molecule is N#Cc1cc(F)cc(-c2cn[nH]c(=S)c2)c1. The molecule has 1 heterocycles. The molecule has 16 heavy (non-hydrogen) atoms. The zero-order valence-electron chi connectivity index (χ0n) is 8.07. The van der Waals surface area contributed by atoms with E-state index in [1.165, 1.54) is 18.3 Å². The van der Waals surface area contributed by atoms with Crippen LogP contribution in [0.3, 0.4) is 0 Å². The van der Waals surface area contributed by atoms with Crippen molar-refractivity contribution in [2.75, 3.05) is 0 Å². The van der Waals surface area contributed by atoms with Crippen molar-refractivity contribution in [2.24, 2.45) is 0 Å². The Bertz CT molecular complexity index is 628. The van der Waals surface area contributed by atoms with Gasteiger partial charge in [-0.05, 0) is 29.8 Å². The lowest BCUT2D eigenvalue weighted by Gasteiger charge is -2.01. The summed E-state index contributed by atoms with van der Waals surface area (Å²) < 4.78 is 13.7. The average molecular weight is 231 g/mol. The van der Waals surface area contributed by atoms with Crippen LogP contribution in [0.2, 0.25) is 0 Å². The third kappa shape index (κ3) is 2.12. The lowest BCUT2D eigenvalue weighted by atomic mass is 10.1. The van der Waals surface area contributed by atoms with Crippen LogP contribution in [0.15, 0.2) is 30.5 Å². The molecule has 0 aliphatic rings. The van der Waals surface area contributed by atoms with Gasteiger partial charge >= 0.3 is 0 Å². The van der Waals surface area contributed by atoms with Crippen LogP contribution in [0.1, 0.15) is 5.56 Å². The summed E-state index contributed by atoms with van der Waals surface area (Å²) in [6.07, 6.45) is 1.53. The van der Waals surface area contributed by atoms with Gasteiger partial charge in [-0.2, -0.15) is 10.4 Å². The highest BCUT2D eigenvalue weighted by Crippen LogP contribution is 2.20. The summed E-state index contributed by atoms with van der Waals surface area (Å²) in [6.45, 7) is 0. The van der Waals surface area contributed by atoms with Crippen LogP contribution in [0.4, 0.5) is 4.39 Å². The van der Waals surface area contributed by atoms with Gasteiger partial charge in [0.1, 0.15) is 10.5 Å². The summed E-state index contributed by atoms with van der Waals surface area (Å²) in [6, 6.07) is 7.68. The molecule has 2 aromatic rings. The van der Waals surface area contributed by atoms with E-state index in [0.29, 0.717) is 15.8 Å². The summed E-state index contributed by atoms with van der Waals surface area (Å²) >= 11 is 4.92. The van der Waals surface area contributed by atoms with Gasteiger partial charge < -0.3 is 0 Å². The highest BCUT2D eigenvalue weighted by atomic mass is 32.1. The highest BCUT2D eigenvalue weighted by Gasteiger charge is 2.03. The number of aromatic amines is 1. The lowest BCUT2D eigenvalue weighted by molar-refractivity contribution is 0.628. The minimum atomic E-state index is -0.451. The van der Waals surface area contributed by atoms with Crippen LogP contribution in [0, 0.1) is 21.8 Å². The Labute approximate surface area is 96.2 Å². The van der Waals surface area contributed by atoms with E-state index in [2.05, 4.69) is 10.2 Å². The summed E-state index contributed by atoms with van der Waals surface area (Å²) in [5.41, 5.74) is 1.54. The van der Waals surface area contributed by atoms with Crippen molar-refractivity contribution in [3.63, 3.8) is 0 Å². The van der Waals surface area contributed by atoms with Crippen LogP contribution >= 0.6 is 12.2 Å². The summed E-state index contributed by atoms with van der Waals surface area (Å²) in [4.78, 5) is 0. The molecular formula is C11H6FN3S. The quantitative estimate of drug-likeness (QED) is 0.768. The average Bonchev–Trinajstić information content (AvgIpc) is 2.28. The van der Waals surface area contributed by atoms with Crippen LogP contribution in [-0.4, -0.2) is 10.2 Å². The van der Waals surface area contributed by atoms with Crippen molar-refractivity contribution in [1.82, 2.24) is 10.2 Å². The molecule has 3 nitrogen and oxygen atoms in total. The third-order valence-corrected chi connectivity index (χ3v) is 2.23. The first-order chi connectivity index (χ1) is 7.69. The monoisotopic (exact) mass is 231 g/mol. The van der Waals surface area contributed by atoms with Crippen molar-refractivity contribution in [3.05, 3.63) is 46.5 Å². The van der Waals surface area contributed by atoms with Gasteiger partial charge in [-0.3, -0.25) is 5.10 Å². The van der Waals surface area contributed by atoms with E-state index >= 15 is 0 Å². The van der Waals surface area contributed by atoms with Crippen LogP contribution in [-0.2, 0) is 0 Å². The first kappa shape index (κ1) is 10.5. The van der Waals surface area contributed by atoms with E-state index in [1.807, 2.05) is 6.07 Å². The maximum Gasteiger partial charge on any atom is 0.125 e. The van der Waals surface area contributed by atoms with E-state index < -0.39 is 5.82 Å². The molecule has 2 rings (SSSR count). The minimum Gasteiger partial charge on any atom is -0.268 e. The van der Waals surface area contributed by atoms with Crippen molar-refractivity contribution < 1.29 is 4.39 Å². The molecule has 0 atom stereocenters. The fourth-order valence-corrected chi connectivity index (χ4v) is 1.53. The van der Waals surface area contributed by atoms with Gasteiger partial charge in [0.25, 0.3) is 0 Å². The molecule has 0 saturated heterocycles. The summed E-state index contributed by atoms with van der Waals surface area (Å²) in [5.74, 6) is -0.451. The summed E-state index contributed by atoms with van der Waals surface area (Å²) in [7, 11) is 0. The number of halogens is 1. The third-order valence-electron chi connectivity index (χ3n) is 2.03. The van der Waals surface area contributed by atoms with E-state index in [4.69, 9.17) is 17.5 Å². The van der Waals surface area contributed by atoms with E-state index in [0.717, 1.165) is 0 Å². The first-order valence-electron chi connectivity index (χ1n) is 4.45. The fraction of sp³-hybridized carbons (Fsp3) is 0. The molecule has 1 N–H and O–H groups in total. The van der Waals surface area contributed by atoms with Crippen LogP contribution in [0.5, 0.6) is 0 Å². The van der Waals surface area contributed by atoms with E-state index in [-0.39, 0.29) is 5.56 Å². The Morgan fingerprint density at radius 1 is 1.25 bits per heavy atom. The number of rotatable bonds is 1. The van der Waals surface area contributed by atoms with Crippen molar-refractivity contribution in [2.45, 2.75) is 0 Å². The normalized spacial score (nSPS) is 9.75. The maximum atomic E-state index is 13.2. The van der Waals surface area contributed by atoms with Gasteiger partial charge in [-0.25, -0.2) is 4.39 Å². The Hall–Kier alpha value is -2.06. The predicted octanol–water partition coefficient (Wildman–Crippen LogP) is 2.82. The molecule has 1 aromatic carbocycles. The second-order valence-corrected chi connectivity index (χ2v) is 3.61. The van der Waals surface area contributed by atoms with E-state index in [9.17, 15) is 4.39 Å². The predicted molar refractivity (Wildman–Crippen MR) is 59.5 cm³/mol. The number of nitrogens with one attached hydrogen (secondary N) is 1. The van der Waals surface area contributed by atoms with Crippen molar-refractivity contribution in [3.8, 4) is 17.2 Å². The minimum absolute atomic E-state index is 0.272. The number of nitriles is 1. The van der Waals surface area contributed by atoms with Crippen molar-refractivity contribution in [1.29, 1.82) is 5.26 Å². The Balaban J connectivity index is 2.61. The standard InChI is InChI=1S/C11H6FN3S/c12-10-2-7(5-13)1-8(3-10)9-4-11(16)15-14-6-9/h1-4,6H,(H,15,16). The number of benzene rings is 1. The Morgan fingerprint density at radius 2 is 2.06 bits per heavy atom. The number of aromatic nitrogens is 2. The smallest absolute Gasteiger partial charge is 0.125 e. The Kier molecular flexibility index (Phi) is 2.75. The molecule has 0 aliphatic carbocycles. The zero-order chi connectivity index (χ0) is 11.5. The molecule has 0 radical (unpaired) electrons. The van der Waals surface area contributed by atoms with Gasteiger partial charge in [0, 0.05) is 5.56 Å². The lowest BCUT2D eigenvalue weighted by Crippen LogP contribution is -1.87. The number of hydrogen-bond donors (Lipinski definition) is 1. The molecule has 0 spiro atoms. The molecule has 5 heteroatoms. The molecule has 78 valence electrons. The van der Waals surface area contributed by atoms with Gasteiger partial charge in [0.15, 0.2) is 0 Å². The second kappa shape index (κ2) is 4.21. The van der Waals surface area contributed by atoms with Gasteiger partial charge in [-0.1, -0.05) is 12.2 Å².